The van der Waals surface area contributed by atoms with Crippen LogP contribution in [0.2, 0.25) is 10.0 Å². The first kappa shape index (κ1) is 14.2. The number of rotatable bonds is 3. The summed E-state index contributed by atoms with van der Waals surface area (Å²) in [6.07, 6.45) is 1.13. The fraction of sp³-hybridized carbons (Fsp3) is 0.182. The van der Waals surface area contributed by atoms with E-state index in [0.29, 0.717) is 26.9 Å². The Morgan fingerprint density at radius 1 is 1.26 bits per heavy atom. The highest BCUT2D eigenvalue weighted by Crippen LogP contribution is 2.39. The first-order valence-corrected chi connectivity index (χ1v) is 8.06. The molecule has 2 rings (SSSR count). The van der Waals surface area contributed by atoms with Gasteiger partial charge in [-0.2, -0.15) is 5.10 Å². The second kappa shape index (κ2) is 5.03. The molecule has 1 aromatic carbocycles. The van der Waals surface area contributed by atoms with Crippen molar-refractivity contribution in [2.24, 2.45) is 0 Å². The van der Waals surface area contributed by atoms with Gasteiger partial charge in [-0.3, -0.25) is 5.10 Å². The molecule has 1 aromatic heterocycles. The second-order valence-electron chi connectivity index (χ2n) is 4.13. The number of nitrogens with zero attached hydrogens (tertiary/aromatic N) is 1. The summed E-state index contributed by atoms with van der Waals surface area (Å²) in [4.78, 5) is 0. The topological polar surface area (TPSA) is 88.8 Å². The summed E-state index contributed by atoms with van der Waals surface area (Å²) in [5, 5.41) is 7.21. The Kier molecular flexibility index (Phi) is 3.75. The highest BCUT2D eigenvalue weighted by atomic mass is 35.5. The van der Waals surface area contributed by atoms with Gasteiger partial charge in [-0.1, -0.05) is 29.3 Å². The first-order chi connectivity index (χ1) is 8.79. The number of H-pyrrole nitrogens is 1. The van der Waals surface area contributed by atoms with Gasteiger partial charge in [-0.15, -0.1) is 0 Å². The number of hydrogen-bond donors (Lipinski definition) is 2. The normalized spacial score (nSPS) is 11.7. The van der Waals surface area contributed by atoms with Gasteiger partial charge in [-0.05, 0) is 12.1 Å². The van der Waals surface area contributed by atoms with Crippen molar-refractivity contribution < 1.29 is 8.42 Å². The van der Waals surface area contributed by atoms with E-state index in [1.54, 1.807) is 18.2 Å². The molecule has 0 atom stereocenters. The molecule has 0 amide bonds. The summed E-state index contributed by atoms with van der Waals surface area (Å²) in [5.41, 5.74) is 7.06. The van der Waals surface area contributed by atoms with Crippen LogP contribution in [0.5, 0.6) is 0 Å². The zero-order valence-corrected chi connectivity index (χ0v) is 12.3. The highest BCUT2D eigenvalue weighted by Gasteiger charge is 2.20. The quantitative estimate of drug-likeness (QED) is 0.909. The molecule has 0 fully saturated rings. The minimum atomic E-state index is -3.23. The third-order valence-corrected chi connectivity index (χ3v) is 3.93. The Balaban J connectivity index is 2.66. The lowest BCUT2D eigenvalue weighted by Crippen LogP contribution is -2.03. The molecule has 3 N–H and O–H groups in total. The molecule has 1 heterocycles. The number of aromatic nitrogens is 2. The number of halogens is 2. The lowest BCUT2D eigenvalue weighted by Gasteiger charge is -2.08. The van der Waals surface area contributed by atoms with Crippen molar-refractivity contribution in [3.63, 3.8) is 0 Å². The fourth-order valence-corrected chi connectivity index (χ4v) is 3.10. The van der Waals surface area contributed by atoms with E-state index < -0.39 is 9.84 Å². The lowest BCUT2D eigenvalue weighted by molar-refractivity contribution is 0.600. The Morgan fingerprint density at radius 2 is 1.84 bits per heavy atom. The number of anilines is 1. The van der Waals surface area contributed by atoms with E-state index in [-0.39, 0.29) is 11.6 Å². The zero-order chi connectivity index (χ0) is 14.2. The molecule has 0 radical (unpaired) electrons. The average Bonchev–Trinajstić information content (AvgIpc) is 2.59. The Labute approximate surface area is 120 Å². The maximum atomic E-state index is 11.4. The summed E-state index contributed by atoms with van der Waals surface area (Å²) in [6.45, 7) is 0. The number of nitrogen functional groups attached to an aromatic ring is 1. The van der Waals surface area contributed by atoms with Gasteiger partial charge >= 0.3 is 0 Å². The van der Waals surface area contributed by atoms with Gasteiger partial charge in [0, 0.05) is 11.8 Å². The van der Waals surface area contributed by atoms with Gasteiger partial charge < -0.3 is 5.73 Å². The molecule has 0 spiro atoms. The van der Waals surface area contributed by atoms with E-state index >= 15 is 0 Å². The number of nitrogens with two attached hydrogens (primary N) is 1. The molecule has 19 heavy (non-hydrogen) atoms. The van der Waals surface area contributed by atoms with Gasteiger partial charge in [0.05, 0.1) is 27.1 Å². The molecule has 0 aliphatic heterocycles. The third kappa shape index (κ3) is 3.02. The molecular weight excluding hydrogens is 309 g/mol. The molecule has 102 valence electrons. The molecule has 0 unspecified atom stereocenters. The van der Waals surface area contributed by atoms with E-state index in [1.807, 2.05) is 0 Å². The van der Waals surface area contributed by atoms with Gasteiger partial charge in [0.1, 0.15) is 0 Å². The van der Waals surface area contributed by atoms with Crippen molar-refractivity contribution in [2.75, 3.05) is 12.0 Å². The number of nitrogens with one attached hydrogen (secondary N) is 1. The molecule has 0 saturated heterocycles. The molecule has 5 nitrogen and oxygen atoms in total. The van der Waals surface area contributed by atoms with Crippen molar-refractivity contribution in [2.45, 2.75) is 5.75 Å². The smallest absolute Gasteiger partial charge is 0.153 e. The molecule has 0 aliphatic carbocycles. The van der Waals surface area contributed by atoms with Crippen LogP contribution in [-0.2, 0) is 15.6 Å². The van der Waals surface area contributed by atoms with Crippen LogP contribution in [-0.4, -0.2) is 24.9 Å². The summed E-state index contributed by atoms with van der Waals surface area (Å²) >= 11 is 12.2. The molecule has 0 saturated carbocycles. The van der Waals surface area contributed by atoms with Gasteiger partial charge in [0.25, 0.3) is 0 Å². The van der Waals surface area contributed by atoms with Crippen LogP contribution in [0, 0.1) is 0 Å². The van der Waals surface area contributed by atoms with Crippen LogP contribution in [0.3, 0.4) is 0 Å². The predicted octanol–water partition coefficient (Wildman–Crippen LogP) is 2.51. The monoisotopic (exact) mass is 319 g/mol. The van der Waals surface area contributed by atoms with Crippen molar-refractivity contribution in [3.8, 4) is 11.1 Å². The summed E-state index contributed by atoms with van der Waals surface area (Å²) in [5.74, 6) is -0.0534. The van der Waals surface area contributed by atoms with Crippen LogP contribution < -0.4 is 5.73 Å². The number of aromatic amines is 1. The maximum Gasteiger partial charge on any atom is 0.153 e. The van der Waals surface area contributed by atoms with Crippen molar-refractivity contribution in [3.05, 3.63) is 33.9 Å². The Bertz CT molecular complexity index is 705. The lowest BCUT2D eigenvalue weighted by atomic mass is 10.1. The maximum absolute atomic E-state index is 11.4. The number of benzene rings is 1. The van der Waals surface area contributed by atoms with E-state index in [1.165, 1.54) is 0 Å². The van der Waals surface area contributed by atoms with E-state index in [4.69, 9.17) is 28.9 Å². The van der Waals surface area contributed by atoms with Gasteiger partial charge in [0.2, 0.25) is 0 Å². The number of hydrogen-bond acceptors (Lipinski definition) is 4. The highest BCUT2D eigenvalue weighted by molar-refractivity contribution is 7.89. The standard InChI is InChI=1S/C11H11Cl2N3O2S/c1-19(17,18)5-8-10(11(14)16-15-8)9-6(12)3-2-4-7(9)13/h2-4H,5H2,1H3,(H3,14,15,16). The molecule has 2 aromatic rings. The van der Waals surface area contributed by atoms with Crippen molar-refractivity contribution >= 4 is 38.9 Å². The molecule has 0 bridgehead atoms. The minimum absolute atomic E-state index is 0.161. The molecule has 8 heteroatoms. The predicted molar refractivity (Wildman–Crippen MR) is 77.0 cm³/mol. The first-order valence-electron chi connectivity index (χ1n) is 5.24. The molecule has 0 aliphatic rings. The fourth-order valence-electron chi connectivity index (χ4n) is 1.78. The van der Waals surface area contributed by atoms with Gasteiger partial charge in [-0.25, -0.2) is 8.42 Å². The molecular formula is C11H11Cl2N3O2S. The second-order valence-corrected chi connectivity index (χ2v) is 7.08. The Hall–Kier alpha value is -1.24. The van der Waals surface area contributed by atoms with Crippen LogP contribution in [0.15, 0.2) is 18.2 Å². The Morgan fingerprint density at radius 3 is 2.37 bits per heavy atom. The largest absolute Gasteiger partial charge is 0.382 e. The summed E-state index contributed by atoms with van der Waals surface area (Å²) in [6, 6.07) is 5.00. The van der Waals surface area contributed by atoms with E-state index in [2.05, 4.69) is 10.2 Å². The summed E-state index contributed by atoms with van der Waals surface area (Å²) in [7, 11) is -3.23. The van der Waals surface area contributed by atoms with Crippen molar-refractivity contribution in [1.29, 1.82) is 0 Å². The van der Waals surface area contributed by atoms with E-state index in [0.717, 1.165) is 6.26 Å². The minimum Gasteiger partial charge on any atom is -0.382 e. The number of sulfone groups is 1. The van der Waals surface area contributed by atoms with Crippen LogP contribution >= 0.6 is 23.2 Å². The van der Waals surface area contributed by atoms with Crippen LogP contribution in [0.1, 0.15) is 5.69 Å². The van der Waals surface area contributed by atoms with Gasteiger partial charge in [0.15, 0.2) is 15.7 Å². The van der Waals surface area contributed by atoms with Crippen LogP contribution in [0.25, 0.3) is 11.1 Å². The van der Waals surface area contributed by atoms with E-state index in [9.17, 15) is 8.42 Å². The summed E-state index contributed by atoms with van der Waals surface area (Å²) < 4.78 is 22.8. The SMILES string of the molecule is CS(=O)(=O)Cc1[nH]nc(N)c1-c1c(Cl)cccc1Cl. The average molecular weight is 320 g/mol. The zero-order valence-electron chi connectivity index (χ0n) is 9.94. The van der Waals surface area contributed by atoms with Crippen LogP contribution in [0.4, 0.5) is 5.82 Å². The van der Waals surface area contributed by atoms with Crippen molar-refractivity contribution in [1.82, 2.24) is 10.2 Å². The third-order valence-electron chi connectivity index (χ3n) is 2.49.